The number of carbonyl (C=O) groups is 4. The fraction of sp³-hybridized carbons (Fsp3) is 0.276. The number of thiophene rings is 1. The largest absolute Gasteiger partial charge is 0.496 e. The monoisotopic (exact) mass is 563 g/mol. The van der Waals surface area contributed by atoms with Crippen LogP contribution in [0.3, 0.4) is 0 Å². The lowest BCUT2D eigenvalue weighted by atomic mass is 10.1. The van der Waals surface area contributed by atoms with Gasteiger partial charge >= 0.3 is 23.8 Å². The predicted octanol–water partition coefficient (Wildman–Crippen LogP) is 4.51. The highest BCUT2D eigenvalue weighted by Crippen LogP contribution is 2.38. The van der Waals surface area contributed by atoms with E-state index in [-0.39, 0.29) is 17.9 Å². The van der Waals surface area contributed by atoms with E-state index >= 15 is 0 Å². The molecule has 0 aliphatic heterocycles. The molecule has 4 rings (SSSR count). The normalized spacial score (nSPS) is 12.7. The van der Waals surface area contributed by atoms with Gasteiger partial charge in [-0.1, -0.05) is 30.7 Å². The van der Waals surface area contributed by atoms with Gasteiger partial charge < -0.3 is 19.5 Å². The van der Waals surface area contributed by atoms with Crippen molar-refractivity contribution in [2.24, 2.45) is 5.10 Å². The molecule has 1 aliphatic carbocycles. The Morgan fingerprint density at radius 1 is 0.975 bits per heavy atom. The van der Waals surface area contributed by atoms with Crippen LogP contribution in [0, 0.1) is 0 Å². The number of carbonyl (C=O) groups excluding carboxylic acids is 4. The molecular formula is C29H29N3O7S. The number of amides is 2. The van der Waals surface area contributed by atoms with Gasteiger partial charge in [-0.3, -0.25) is 9.59 Å². The molecule has 0 atom stereocenters. The van der Waals surface area contributed by atoms with E-state index in [2.05, 4.69) is 15.8 Å². The fourth-order valence-electron chi connectivity index (χ4n) is 4.26. The van der Waals surface area contributed by atoms with Crippen molar-refractivity contribution >= 4 is 46.3 Å². The average molecular weight is 564 g/mol. The first-order valence-electron chi connectivity index (χ1n) is 12.8. The summed E-state index contributed by atoms with van der Waals surface area (Å²) in [7, 11) is 1.46. The molecule has 11 heteroatoms. The quantitative estimate of drug-likeness (QED) is 0.103. The zero-order valence-corrected chi connectivity index (χ0v) is 23.0. The number of anilines is 1. The molecular weight excluding hydrogens is 534 g/mol. The second kappa shape index (κ2) is 13.5. The summed E-state index contributed by atoms with van der Waals surface area (Å²) in [5.74, 6) is -2.43. The van der Waals surface area contributed by atoms with Gasteiger partial charge in [0.1, 0.15) is 22.1 Å². The van der Waals surface area contributed by atoms with E-state index in [9.17, 15) is 19.2 Å². The number of ether oxygens (including phenoxy) is 3. The van der Waals surface area contributed by atoms with Crippen LogP contribution < -0.4 is 20.2 Å². The third-order valence-corrected chi connectivity index (χ3v) is 7.32. The van der Waals surface area contributed by atoms with Crippen LogP contribution >= 0.6 is 11.3 Å². The number of nitrogens with zero attached hydrogens (tertiary/aromatic N) is 1. The van der Waals surface area contributed by atoms with Crippen molar-refractivity contribution in [2.45, 2.75) is 39.0 Å². The van der Waals surface area contributed by atoms with E-state index < -0.39 is 23.8 Å². The molecule has 3 aromatic rings. The molecule has 1 aromatic heterocycles. The average Bonchev–Trinajstić information content (AvgIpc) is 3.13. The zero-order valence-electron chi connectivity index (χ0n) is 22.2. The Bertz CT molecular complexity index is 1450. The maximum absolute atomic E-state index is 12.7. The lowest BCUT2D eigenvalue weighted by Crippen LogP contribution is -2.32. The molecule has 0 unspecified atom stereocenters. The number of hydrogen-bond acceptors (Lipinski definition) is 9. The number of aryl methyl sites for hydroxylation is 1. The summed E-state index contributed by atoms with van der Waals surface area (Å²) in [6, 6.07) is 13.2. The van der Waals surface area contributed by atoms with Gasteiger partial charge in [0.15, 0.2) is 0 Å². The first kappa shape index (κ1) is 28.5. The van der Waals surface area contributed by atoms with Crippen LogP contribution in [-0.2, 0) is 27.2 Å². The number of rotatable bonds is 8. The van der Waals surface area contributed by atoms with Crippen LogP contribution in [0.5, 0.6) is 11.5 Å². The topological polar surface area (TPSA) is 132 Å². The van der Waals surface area contributed by atoms with E-state index in [4.69, 9.17) is 14.2 Å². The first-order chi connectivity index (χ1) is 19.4. The number of esters is 2. The molecule has 0 spiro atoms. The zero-order chi connectivity index (χ0) is 28.5. The van der Waals surface area contributed by atoms with Crippen molar-refractivity contribution in [2.75, 3.05) is 19.0 Å². The molecule has 1 aliphatic rings. The molecule has 1 heterocycles. The molecule has 0 bridgehead atoms. The summed E-state index contributed by atoms with van der Waals surface area (Å²) in [5.41, 5.74) is 4.18. The van der Waals surface area contributed by atoms with Gasteiger partial charge in [-0.2, -0.15) is 5.10 Å². The molecule has 0 radical (unpaired) electrons. The van der Waals surface area contributed by atoms with Crippen LogP contribution in [0.2, 0.25) is 0 Å². The smallest absolute Gasteiger partial charge is 0.347 e. The number of fused-ring (bicyclic) bond motifs is 1. The minimum atomic E-state index is -1.01. The van der Waals surface area contributed by atoms with Crippen molar-refractivity contribution in [3.05, 3.63) is 75.7 Å². The predicted molar refractivity (Wildman–Crippen MR) is 150 cm³/mol. The minimum Gasteiger partial charge on any atom is -0.496 e. The molecule has 40 heavy (non-hydrogen) atoms. The highest BCUT2D eigenvalue weighted by atomic mass is 32.1. The maximum Gasteiger partial charge on any atom is 0.347 e. The summed E-state index contributed by atoms with van der Waals surface area (Å²) in [6.07, 6.45) is 5.85. The van der Waals surface area contributed by atoms with Gasteiger partial charge in [0.05, 0.1) is 25.5 Å². The highest BCUT2D eigenvalue weighted by Gasteiger charge is 2.28. The van der Waals surface area contributed by atoms with Crippen molar-refractivity contribution in [3.63, 3.8) is 0 Å². The number of hydrogen-bond donors (Lipinski definition) is 2. The van der Waals surface area contributed by atoms with Gasteiger partial charge in [-0.25, -0.2) is 15.0 Å². The van der Waals surface area contributed by atoms with Crippen LogP contribution in [0.4, 0.5) is 5.00 Å². The third kappa shape index (κ3) is 6.92. The summed E-state index contributed by atoms with van der Waals surface area (Å²) in [6.45, 7) is 1.92. The molecule has 10 nitrogen and oxygen atoms in total. The summed E-state index contributed by atoms with van der Waals surface area (Å²) in [4.78, 5) is 51.3. The lowest BCUT2D eigenvalue weighted by molar-refractivity contribution is -0.136. The Labute approximate surface area is 235 Å². The standard InChI is InChI=1S/C29H29N3O7S/c1-3-38-29(36)24-21-13-5-4-6-15-23(21)40-27(24)31-25(33)26(34)32-30-17-18-10-9-11-19(16-18)39-28(35)20-12-7-8-14-22(20)37-2/h7-12,14,16-17H,3-6,13,15H2,1-2H3,(H,31,33)(H,32,34). The van der Waals surface area contributed by atoms with Crippen molar-refractivity contribution in [1.29, 1.82) is 0 Å². The van der Waals surface area contributed by atoms with Crippen LogP contribution in [-0.4, -0.2) is 43.7 Å². The molecule has 0 fully saturated rings. The summed E-state index contributed by atoms with van der Waals surface area (Å²) in [5, 5.41) is 6.70. The molecule has 2 aromatic carbocycles. The SMILES string of the molecule is CCOC(=O)c1c(NC(=O)C(=O)NN=Cc2cccc(OC(=O)c3ccccc3OC)c2)sc2c1CCCCC2. The Balaban J connectivity index is 1.39. The third-order valence-electron chi connectivity index (χ3n) is 6.11. The second-order valence-electron chi connectivity index (χ2n) is 8.80. The Morgan fingerprint density at radius 3 is 2.58 bits per heavy atom. The van der Waals surface area contributed by atoms with Crippen molar-refractivity contribution in [1.82, 2.24) is 5.43 Å². The number of nitrogens with one attached hydrogen (secondary N) is 2. The van der Waals surface area contributed by atoms with E-state index in [1.165, 1.54) is 24.7 Å². The number of methoxy groups -OCH3 is 1. The van der Waals surface area contributed by atoms with Crippen LogP contribution in [0.25, 0.3) is 0 Å². The molecule has 0 saturated carbocycles. The van der Waals surface area contributed by atoms with Gasteiger partial charge in [-0.15, -0.1) is 11.3 Å². The van der Waals surface area contributed by atoms with Gasteiger partial charge in [0, 0.05) is 4.88 Å². The van der Waals surface area contributed by atoms with Crippen LogP contribution in [0.15, 0.2) is 53.6 Å². The van der Waals surface area contributed by atoms with Crippen LogP contribution in [0.1, 0.15) is 62.9 Å². The molecule has 2 amide bonds. The highest BCUT2D eigenvalue weighted by molar-refractivity contribution is 7.17. The lowest BCUT2D eigenvalue weighted by Gasteiger charge is -2.08. The fourth-order valence-corrected chi connectivity index (χ4v) is 5.53. The number of para-hydroxylation sites is 1. The Hall–Kier alpha value is -4.51. The van der Waals surface area contributed by atoms with Gasteiger partial charge in [-0.05, 0) is 68.0 Å². The van der Waals surface area contributed by atoms with Gasteiger partial charge in [0.2, 0.25) is 0 Å². The van der Waals surface area contributed by atoms with E-state index in [1.54, 1.807) is 55.5 Å². The van der Waals surface area contributed by atoms with E-state index in [0.717, 1.165) is 42.5 Å². The van der Waals surface area contributed by atoms with Crippen molar-refractivity contribution < 1.29 is 33.4 Å². The maximum atomic E-state index is 12.7. The number of hydrazone groups is 1. The minimum absolute atomic E-state index is 0.201. The van der Waals surface area contributed by atoms with Crippen molar-refractivity contribution in [3.8, 4) is 11.5 Å². The first-order valence-corrected chi connectivity index (χ1v) is 13.6. The summed E-state index contributed by atoms with van der Waals surface area (Å²) < 4.78 is 15.9. The van der Waals surface area contributed by atoms with Gasteiger partial charge in [0.25, 0.3) is 0 Å². The van der Waals surface area contributed by atoms with E-state index in [1.807, 2.05) is 0 Å². The Morgan fingerprint density at radius 2 is 1.77 bits per heavy atom. The second-order valence-corrected chi connectivity index (χ2v) is 9.91. The Kier molecular flexibility index (Phi) is 9.63. The van der Waals surface area contributed by atoms with E-state index in [0.29, 0.717) is 21.9 Å². The molecule has 0 saturated heterocycles. The molecule has 2 N–H and O–H groups in total. The molecule has 208 valence electrons. The number of benzene rings is 2. The summed E-state index contributed by atoms with van der Waals surface area (Å²) >= 11 is 1.30.